The number of hydrogen-bond donors (Lipinski definition) is 1. The van der Waals surface area contributed by atoms with Crippen LogP contribution >= 0.6 is 34.2 Å². The average molecular weight is 387 g/mol. The molecule has 0 saturated heterocycles. The van der Waals surface area contributed by atoms with E-state index in [1.54, 1.807) is 0 Å². The summed E-state index contributed by atoms with van der Waals surface area (Å²) in [6.07, 6.45) is -0.609. The van der Waals surface area contributed by atoms with Gasteiger partial charge in [-0.25, -0.2) is 0 Å². The molecule has 100 valence electrons. The van der Waals surface area contributed by atoms with Crippen LogP contribution in [-0.4, -0.2) is 5.11 Å². The zero-order valence-electron chi connectivity index (χ0n) is 11.2. The molecule has 1 N–H and O–H groups in total. The Bertz CT molecular complexity index is 622. The Morgan fingerprint density at radius 1 is 1.00 bits per heavy atom. The van der Waals surface area contributed by atoms with E-state index in [4.69, 9.17) is 11.6 Å². The molecule has 2 aromatic rings. The first-order valence-electron chi connectivity index (χ1n) is 6.11. The van der Waals surface area contributed by atoms with Crippen LogP contribution in [0.2, 0.25) is 5.02 Å². The van der Waals surface area contributed by atoms with E-state index >= 15 is 0 Å². The molecule has 0 aliphatic heterocycles. The summed E-state index contributed by atoms with van der Waals surface area (Å²) < 4.78 is 1.11. The maximum absolute atomic E-state index is 10.6. The van der Waals surface area contributed by atoms with Gasteiger partial charge in [-0.1, -0.05) is 35.9 Å². The molecule has 2 rings (SSSR count). The van der Waals surface area contributed by atoms with E-state index in [1.165, 1.54) is 5.56 Å². The van der Waals surface area contributed by atoms with Gasteiger partial charge in [0.25, 0.3) is 0 Å². The summed E-state index contributed by atoms with van der Waals surface area (Å²) in [5.41, 5.74) is 5.06. The minimum Gasteiger partial charge on any atom is -0.384 e. The third-order valence-corrected chi connectivity index (χ3v) is 5.24. The second-order valence-electron chi connectivity index (χ2n) is 4.84. The van der Waals surface area contributed by atoms with Crippen molar-refractivity contribution in [3.05, 3.63) is 66.7 Å². The standard InChI is InChI=1S/C16H16ClIO/c1-9-5-4-6-12(15(9)18)16(19)13-7-11(3)14(17)8-10(13)2/h4-8,16,19H,1-3H3. The Morgan fingerprint density at radius 3 is 2.37 bits per heavy atom. The lowest BCUT2D eigenvalue weighted by molar-refractivity contribution is 0.218. The van der Waals surface area contributed by atoms with Gasteiger partial charge in [0.1, 0.15) is 6.10 Å². The molecule has 3 heteroatoms. The molecule has 0 aliphatic carbocycles. The highest BCUT2D eigenvalue weighted by molar-refractivity contribution is 14.1. The van der Waals surface area contributed by atoms with Crippen molar-refractivity contribution in [2.24, 2.45) is 0 Å². The lowest BCUT2D eigenvalue weighted by Gasteiger charge is -2.18. The molecule has 0 heterocycles. The van der Waals surface area contributed by atoms with Gasteiger partial charge < -0.3 is 5.11 Å². The fourth-order valence-electron chi connectivity index (χ4n) is 2.15. The van der Waals surface area contributed by atoms with Crippen molar-refractivity contribution in [3.63, 3.8) is 0 Å². The van der Waals surface area contributed by atoms with Crippen molar-refractivity contribution in [1.82, 2.24) is 0 Å². The van der Waals surface area contributed by atoms with E-state index in [0.29, 0.717) is 0 Å². The summed E-state index contributed by atoms with van der Waals surface area (Å²) in [5, 5.41) is 11.4. The van der Waals surface area contributed by atoms with Crippen LogP contribution in [0, 0.1) is 24.3 Å². The van der Waals surface area contributed by atoms with Crippen LogP contribution in [0.1, 0.15) is 33.9 Å². The normalized spacial score (nSPS) is 12.5. The van der Waals surface area contributed by atoms with E-state index in [1.807, 2.05) is 38.1 Å². The quantitative estimate of drug-likeness (QED) is 0.724. The van der Waals surface area contributed by atoms with Crippen molar-refractivity contribution in [3.8, 4) is 0 Å². The maximum Gasteiger partial charge on any atom is 0.105 e. The number of rotatable bonds is 2. The van der Waals surface area contributed by atoms with Crippen LogP contribution in [0.3, 0.4) is 0 Å². The number of aryl methyl sites for hydroxylation is 3. The molecule has 0 aromatic heterocycles. The first-order chi connectivity index (χ1) is 8.91. The predicted molar refractivity (Wildman–Crippen MR) is 88.9 cm³/mol. The van der Waals surface area contributed by atoms with Crippen LogP contribution in [0.4, 0.5) is 0 Å². The fourth-order valence-corrected chi connectivity index (χ4v) is 3.02. The monoisotopic (exact) mass is 386 g/mol. The molecule has 19 heavy (non-hydrogen) atoms. The topological polar surface area (TPSA) is 20.2 Å². The molecular weight excluding hydrogens is 371 g/mol. The molecule has 0 bridgehead atoms. The summed E-state index contributed by atoms with van der Waals surface area (Å²) in [6.45, 7) is 5.99. The second-order valence-corrected chi connectivity index (χ2v) is 6.32. The molecular formula is C16H16ClIO. The largest absolute Gasteiger partial charge is 0.384 e. The summed E-state index contributed by atoms with van der Waals surface area (Å²) in [5.74, 6) is 0. The van der Waals surface area contributed by atoms with E-state index in [-0.39, 0.29) is 0 Å². The lowest BCUT2D eigenvalue weighted by atomic mass is 9.95. The average Bonchev–Trinajstić information content (AvgIpc) is 2.36. The molecule has 0 spiro atoms. The van der Waals surface area contributed by atoms with Crippen molar-refractivity contribution < 1.29 is 5.11 Å². The maximum atomic E-state index is 10.6. The molecule has 0 aliphatic rings. The molecule has 0 radical (unpaired) electrons. The van der Waals surface area contributed by atoms with E-state index in [2.05, 4.69) is 35.6 Å². The summed E-state index contributed by atoms with van der Waals surface area (Å²) in [7, 11) is 0. The first kappa shape index (κ1) is 14.8. The number of halogens is 2. The van der Waals surface area contributed by atoms with Gasteiger partial charge in [0.2, 0.25) is 0 Å². The molecule has 1 nitrogen and oxygen atoms in total. The zero-order valence-corrected chi connectivity index (χ0v) is 14.1. The Morgan fingerprint density at radius 2 is 1.68 bits per heavy atom. The van der Waals surface area contributed by atoms with Crippen LogP contribution in [0.25, 0.3) is 0 Å². The van der Waals surface area contributed by atoms with Crippen molar-refractivity contribution >= 4 is 34.2 Å². The molecule has 0 amide bonds. The second kappa shape index (κ2) is 5.81. The predicted octanol–water partition coefficient (Wildman–Crippen LogP) is 4.95. The summed E-state index contributed by atoms with van der Waals surface area (Å²) in [6, 6.07) is 9.90. The third-order valence-electron chi connectivity index (χ3n) is 3.36. The Kier molecular flexibility index (Phi) is 4.54. The van der Waals surface area contributed by atoms with E-state index < -0.39 is 6.10 Å². The van der Waals surface area contributed by atoms with Crippen molar-refractivity contribution in [2.45, 2.75) is 26.9 Å². The van der Waals surface area contributed by atoms with Gasteiger partial charge in [0.05, 0.1) is 0 Å². The number of aliphatic hydroxyl groups is 1. The van der Waals surface area contributed by atoms with Gasteiger partial charge in [-0.15, -0.1) is 0 Å². The summed E-state index contributed by atoms with van der Waals surface area (Å²) >= 11 is 8.40. The highest BCUT2D eigenvalue weighted by Crippen LogP contribution is 2.32. The van der Waals surface area contributed by atoms with Gasteiger partial charge in [0.15, 0.2) is 0 Å². The first-order valence-corrected chi connectivity index (χ1v) is 7.57. The third kappa shape index (κ3) is 2.96. The molecule has 0 saturated carbocycles. The smallest absolute Gasteiger partial charge is 0.105 e. The molecule has 1 unspecified atom stereocenters. The zero-order chi connectivity index (χ0) is 14.2. The van der Waals surface area contributed by atoms with Crippen molar-refractivity contribution in [2.75, 3.05) is 0 Å². The van der Waals surface area contributed by atoms with Crippen LogP contribution in [0.5, 0.6) is 0 Å². The number of benzene rings is 2. The number of aliphatic hydroxyl groups excluding tert-OH is 1. The molecule has 1 atom stereocenters. The van der Waals surface area contributed by atoms with Gasteiger partial charge >= 0.3 is 0 Å². The Labute approximate surface area is 132 Å². The molecule has 2 aromatic carbocycles. The fraction of sp³-hybridized carbons (Fsp3) is 0.250. The van der Waals surface area contributed by atoms with Crippen LogP contribution in [0.15, 0.2) is 30.3 Å². The van der Waals surface area contributed by atoms with Gasteiger partial charge in [0, 0.05) is 8.59 Å². The minimum atomic E-state index is -0.609. The Hall–Kier alpha value is -0.580. The van der Waals surface area contributed by atoms with Gasteiger partial charge in [-0.3, -0.25) is 0 Å². The lowest BCUT2D eigenvalue weighted by Crippen LogP contribution is -2.05. The highest BCUT2D eigenvalue weighted by Gasteiger charge is 2.17. The minimum absolute atomic E-state index is 0.609. The van der Waals surface area contributed by atoms with E-state index in [9.17, 15) is 5.11 Å². The van der Waals surface area contributed by atoms with Crippen molar-refractivity contribution in [1.29, 1.82) is 0 Å². The highest BCUT2D eigenvalue weighted by atomic mass is 127. The molecule has 0 fully saturated rings. The Balaban J connectivity index is 2.53. The van der Waals surface area contributed by atoms with Crippen LogP contribution < -0.4 is 0 Å². The van der Waals surface area contributed by atoms with Gasteiger partial charge in [-0.05, 0) is 77.2 Å². The van der Waals surface area contributed by atoms with Gasteiger partial charge in [-0.2, -0.15) is 0 Å². The van der Waals surface area contributed by atoms with Crippen LogP contribution in [-0.2, 0) is 0 Å². The SMILES string of the molecule is Cc1cc(C(O)c2cccc(C)c2I)c(C)cc1Cl. The van der Waals surface area contributed by atoms with E-state index in [0.717, 1.165) is 30.8 Å². The number of hydrogen-bond acceptors (Lipinski definition) is 1. The summed E-state index contributed by atoms with van der Waals surface area (Å²) in [4.78, 5) is 0.